The Bertz CT molecular complexity index is 377. The van der Waals surface area contributed by atoms with Crippen LogP contribution >= 0.6 is 11.3 Å². The number of nitrogens with one attached hydrogen (secondary N) is 1. The largest absolute Gasteiger partial charge is 0.461 e. The molecule has 1 aromatic rings. The molecule has 0 radical (unpaired) electrons. The molecule has 0 aromatic carbocycles. The molecule has 0 amide bonds. The van der Waals surface area contributed by atoms with Crippen LogP contribution in [0.15, 0.2) is 5.51 Å². The van der Waals surface area contributed by atoms with Gasteiger partial charge in [-0.3, -0.25) is 0 Å². The van der Waals surface area contributed by atoms with Gasteiger partial charge in [-0.1, -0.05) is 0 Å². The standard InChI is InChI=1S/C10H15N3O3S/c1-2-16-10(14)8-9(17-7-11-8)12-13-3-5-15-6-4-13/h7,12H,2-6H2,1H3. The van der Waals surface area contributed by atoms with Crippen molar-refractivity contribution in [1.29, 1.82) is 0 Å². The van der Waals surface area contributed by atoms with Crippen LogP contribution in [0.4, 0.5) is 5.00 Å². The van der Waals surface area contributed by atoms with Gasteiger partial charge < -0.3 is 14.9 Å². The van der Waals surface area contributed by atoms with E-state index in [0.29, 0.717) is 25.5 Å². The van der Waals surface area contributed by atoms with Gasteiger partial charge in [0.1, 0.15) is 5.00 Å². The Kier molecular flexibility index (Phi) is 4.29. The second kappa shape index (κ2) is 5.95. The van der Waals surface area contributed by atoms with Gasteiger partial charge in [0.25, 0.3) is 0 Å². The molecule has 2 rings (SSSR count). The lowest BCUT2D eigenvalue weighted by molar-refractivity contribution is 0.0488. The number of carbonyl (C=O) groups is 1. The minimum Gasteiger partial charge on any atom is -0.461 e. The average molecular weight is 257 g/mol. The number of nitrogens with zero attached hydrogens (tertiary/aromatic N) is 2. The predicted molar refractivity (Wildman–Crippen MR) is 64.1 cm³/mol. The number of anilines is 1. The number of hydrazine groups is 1. The molecule has 1 aliphatic heterocycles. The van der Waals surface area contributed by atoms with Gasteiger partial charge in [0.15, 0.2) is 5.69 Å². The van der Waals surface area contributed by atoms with E-state index in [1.54, 1.807) is 12.4 Å². The maximum atomic E-state index is 11.6. The molecule has 94 valence electrons. The molecule has 6 nitrogen and oxygen atoms in total. The average Bonchev–Trinajstić information content (AvgIpc) is 2.79. The summed E-state index contributed by atoms with van der Waals surface area (Å²) in [5.41, 5.74) is 5.16. The first-order valence-electron chi connectivity index (χ1n) is 5.51. The van der Waals surface area contributed by atoms with E-state index in [4.69, 9.17) is 9.47 Å². The summed E-state index contributed by atoms with van der Waals surface area (Å²) in [6.45, 7) is 5.11. The third-order valence-corrected chi connectivity index (χ3v) is 3.04. The molecule has 0 aliphatic carbocycles. The zero-order chi connectivity index (χ0) is 12.1. The Balaban J connectivity index is 2.00. The van der Waals surface area contributed by atoms with Crippen molar-refractivity contribution >= 4 is 22.3 Å². The monoisotopic (exact) mass is 257 g/mol. The van der Waals surface area contributed by atoms with E-state index < -0.39 is 0 Å². The number of ether oxygens (including phenoxy) is 2. The van der Waals surface area contributed by atoms with Crippen LogP contribution in [-0.2, 0) is 9.47 Å². The predicted octanol–water partition coefficient (Wildman–Crippen LogP) is 0.979. The SMILES string of the molecule is CCOC(=O)c1ncsc1NN1CCOCC1. The summed E-state index contributed by atoms with van der Waals surface area (Å²) in [4.78, 5) is 15.6. The summed E-state index contributed by atoms with van der Waals surface area (Å²) in [6, 6.07) is 0. The normalized spacial score (nSPS) is 16.8. The number of rotatable bonds is 4. The number of esters is 1. The van der Waals surface area contributed by atoms with Crippen molar-refractivity contribution in [2.45, 2.75) is 6.92 Å². The fourth-order valence-electron chi connectivity index (χ4n) is 1.49. The Morgan fingerprint density at radius 1 is 1.65 bits per heavy atom. The molecule has 2 heterocycles. The third kappa shape index (κ3) is 3.15. The Morgan fingerprint density at radius 3 is 3.12 bits per heavy atom. The minimum absolute atomic E-state index is 0.350. The minimum atomic E-state index is -0.385. The van der Waals surface area contributed by atoms with Gasteiger partial charge in [0.2, 0.25) is 0 Å². The molecule has 1 aromatic heterocycles. The van der Waals surface area contributed by atoms with Crippen LogP contribution in [0.25, 0.3) is 0 Å². The van der Waals surface area contributed by atoms with Crippen molar-refractivity contribution in [2.24, 2.45) is 0 Å². The molecule has 1 N–H and O–H groups in total. The molecule has 0 unspecified atom stereocenters. The van der Waals surface area contributed by atoms with Crippen LogP contribution in [0.3, 0.4) is 0 Å². The number of carbonyl (C=O) groups excluding carboxylic acids is 1. The van der Waals surface area contributed by atoms with Crippen LogP contribution in [0.1, 0.15) is 17.4 Å². The third-order valence-electron chi connectivity index (χ3n) is 2.31. The summed E-state index contributed by atoms with van der Waals surface area (Å²) >= 11 is 1.39. The highest BCUT2D eigenvalue weighted by Crippen LogP contribution is 2.21. The van der Waals surface area contributed by atoms with E-state index in [0.717, 1.165) is 18.1 Å². The summed E-state index contributed by atoms with van der Waals surface area (Å²) in [6.07, 6.45) is 0. The quantitative estimate of drug-likeness (QED) is 0.811. The maximum absolute atomic E-state index is 11.6. The number of morpholine rings is 1. The van der Waals surface area contributed by atoms with Gasteiger partial charge in [0, 0.05) is 13.1 Å². The van der Waals surface area contributed by atoms with Crippen LogP contribution < -0.4 is 5.43 Å². The van der Waals surface area contributed by atoms with Gasteiger partial charge in [-0.2, -0.15) is 0 Å². The molecule has 0 saturated carbocycles. The molecular formula is C10H15N3O3S. The van der Waals surface area contributed by atoms with Crippen LogP contribution in [0, 0.1) is 0 Å². The Labute approximate surface area is 104 Å². The lowest BCUT2D eigenvalue weighted by Crippen LogP contribution is -2.40. The molecule has 1 saturated heterocycles. The van der Waals surface area contributed by atoms with E-state index in [9.17, 15) is 4.79 Å². The maximum Gasteiger partial charge on any atom is 0.360 e. The second-order valence-corrected chi connectivity index (χ2v) is 4.32. The van der Waals surface area contributed by atoms with Gasteiger partial charge >= 0.3 is 5.97 Å². The highest BCUT2D eigenvalue weighted by atomic mass is 32.1. The van der Waals surface area contributed by atoms with Crippen molar-refractivity contribution in [3.63, 3.8) is 0 Å². The Hall–Kier alpha value is -1.18. The summed E-state index contributed by atoms with van der Waals surface area (Å²) in [5.74, 6) is -0.385. The van der Waals surface area contributed by atoms with Crippen LogP contribution in [0.2, 0.25) is 0 Å². The second-order valence-electron chi connectivity index (χ2n) is 3.46. The van der Waals surface area contributed by atoms with Gasteiger partial charge in [-0.05, 0) is 6.92 Å². The number of thiazole rings is 1. The molecule has 0 bridgehead atoms. The van der Waals surface area contributed by atoms with E-state index in [-0.39, 0.29) is 5.97 Å². The lowest BCUT2D eigenvalue weighted by atomic mass is 10.4. The van der Waals surface area contributed by atoms with Gasteiger partial charge in [-0.25, -0.2) is 14.8 Å². The lowest BCUT2D eigenvalue weighted by Gasteiger charge is -2.27. The fraction of sp³-hybridized carbons (Fsp3) is 0.600. The summed E-state index contributed by atoms with van der Waals surface area (Å²) in [7, 11) is 0. The summed E-state index contributed by atoms with van der Waals surface area (Å²) in [5, 5.41) is 2.74. The first-order valence-corrected chi connectivity index (χ1v) is 6.39. The number of hydrogen-bond donors (Lipinski definition) is 1. The van der Waals surface area contributed by atoms with Crippen molar-refractivity contribution in [3.05, 3.63) is 11.2 Å². The van der Waals surface area contributed by atoms with Crippen LogP contribution in [0.5, 0.6) is 0 Å². The molecule has 17 heavy (non-hydrogen) atoms. The molecule has 7 heteroatoms. The van der Waals surface area contributed by atoms with E-state index in [1.807, 2.05) is 5.01 Å². The zero-order valence-corrected chi connectivity index (χ0v) is 10.5. The number of aromatic nitrogens is 1. The van der Waals surface area contributed by atoms with Crippen molar-refractivity contribution < 1.29 is 14.3 Å². The Morgan fingerprint density at radius 2 is 2.41 bits per heavy atom. The van der Waals surface area contributed by atoms with E-state index in [2.05, 4.69) is 10.4 Å². The van der Waals surface area contributed by atoms with E-state index in [1.165, 1.54) is 11.3 Å². The van der Waals surface area contributed by atoms with Crippen LogP contribution in [-0.4, -0.2) is 48.9 Å². The van der Waals surface area contributed by atoms with E-state index >= 15 is 0 Å². The van der Waals surface area contributed by atoms with Crippen molar-refractivity contribution in [1.82, 2.24) is 9.99 Å². The zero-order valence-electron chi connectivity index (χ0n) is 9.64. The molecule has 1 fully saturated rings. The van der Waals surface area contributed by atoms with Crippen molar-refractivity contribution in [2.75, 3.05) is 38.3 Å². The highest BCUT2D eigenvalue weighted by Gasteiger charge is 2.19. The highest BCUT2D eigenvalue weighted by molar-refractivity contribution is 7.14. The van der Waals surface area contributed by atoms with Gasteiger partial charge in [-0.15, -0.1) is 11.3 Å². The molecule has 0 atom stereocenters. The molecule has 0 spiro atoms. The number of hydrogen-bond acceptors (Lipinski definition) is 7. The molecular weight excluding hydrogens is 242 g/mol. The topological polar surface area (TPSA) is 63.7 Å². The van der Waals surface area contributed by atoms with Crippen molar-refractivity contribution in [3.8, 4) is 0 Å². The smallest absolute Gasteiger partial charge is 0.360 e. The summed E-state index contributed by atoms with van der Waals surface area (Å²) < 4.78 is 10.2. The fourth-order valence-corrected chi connectivity index (χ4v) is 2.18. The first kappa shape index (κ1) is 12.3. The first-order chi connectivity index (χ1) is 8.31. The molecule has 1 aliphatic rings. The van der Waals surface area contributed by atoms with Gasteiger partial charge in [0.05, 0.1) is 25.3 Å².